The van der Waals surface area contributed by atoms with Crippen LogP contribution in [0.25, 0.3) is 0 Å². The number of carbonyl (C=O) groups is 3. The minimum Gasteiger partial charge on any atom is -0.483 e. The lowest BCUT2D eigenvalue weighted by Crippen LogP contribution is -2.22. The standard InChI is InChI=1S/C26H20FN3O5/c27-20-10-2-3-11-21(20)30-24(31)16-35-22-12-4-1-9-19(22)25(32)28-17-7-5-8-18(15-17)29-26(33)23-13-6-14-34-23/h1-15H,16H2,(H,28,32)(H,29,33)(H,30,31). The van der Waals surface area contributed by atoms with Crippen LogP contribution in [-0.2, 0) is 4.79 Å². The van der Waals surface area contributed by atoms with E-state index in [1.807, 2.05) is 0 Å². The molecular formula is C26H20FN3O5. The minimum atomic E-state index is -0.578. The molecule has 0 aliphatic heterocycles. The number of hydrogen-bond donors (Lipinski definition) is 3. The van der Waals surface area contributed by atoms with Crippen molar-refractivity contribution in [2.24, 2.45) is 0 Å². The van der Waals surface area contributed by atoms with Crippen LogP contribution in [0.5, 0.6) is 5.75 Å². The Morgan fingerprint density at radius 2 is 1.49 bits per heavy atom. The van der Waals surface area contributed by atoms with Gasteiger partial charge in [-0.3, -0.25) is 14.4 Å². The van der Waals surface area contributed by atoms with Crippen LogP contribution >= 0.6 is 0 Å². The molecule has 0 fully saturated rings. The van der Waals surface area contributed by atoms with Crippen molar-refractivity contribution in [1.29, 1.82) is 0 Å². The Labute approximate surface area is 199 Å². The van der Waals surface area contributed by atoms with Gasteiger partial charge < -0.3 is 25.1 Å². The van der Waals surface area contributed by atoms with Crippen molar-refractivity contribution in [2.45, 2.75) is 0 Å². The first-order chi connectivity index (χ1) is 17.0. The number of ether oxygens (including phenoxy) is 1. The van der Waals surface area contributed by atoms with E-state index in [4.69, 9.17) is 9.15 Å². The third kappa shape index (κ3) is 6.11. The van der Waals surface area contributed by atoms with Gasteiger partial charge in [0, 0.05) is 11.4 Å². The van der Waals surface area contributed by atoms with Crippen molar-refractivity contribution < 1.29 is 27.9 Å². The second kappa shape index (κ2) is 10.8. The van der Waals surface area contributed by atoms with Gasteiger partial charge in [-0.2, -0.15) is 0 Å². The number of para-hydroxylation sites is 2. The van der Waals surface area contributed by atoms with Crippen LogP contribution in [-0.4, -0.2) is 24.3 Å². The molecule has 0 saturated carbocycles. The van der Waals surface area contributed by atoms with Crippen molar-refractivity contribution in [3.63, 3.8) is 0 Å². The lowest BCUT2D eigenvalue weighted by Gasteiger charge is -2.13. The Bertz CT molecular complexity index is 1350. The Balaban J connectivity index is 1.39. The zero-order valence-electron chi connectivity index (χ0n) is 18.3. The topological polar surface area (TPSA) is 110 Å². The SMILES string of the molecule is O=C(COc1ccccc1C(=O)Nc1cccc(NC(=O)c2ccco2)c1)Nc1ccccc1F. The molecule has 0 unspecified atom stereocenters. The van der Waals surface area contributed by atoms with Gasteiger partial charge >= 0.3 is 0 Å². The quantitative estimate of drug-likeness (QED) is 0.336. The van der Waals surface area contributed by atoms with Gasteiger partial charge in [0.15, 0.2) is 12.4 Å². The number of furan rings is 1. The van der Waals surface area contributed by atoms with E-state index in [2.05, 4.69) is 16.0 Å². The summed E-state index contributed by atoms with van der Waals surface area (Å²) in [7, 11) is 0. The fourth-order valence-corrected chi connectivity index (χ4v) is 3.15. The van der Waals surface area contributed by atoms with Crippen molar-refractivity contribution >= 4 is 34.8 Å². The maximum atomic E-state index is 13.7. The average molecular weight is 473 g/mol. The van der Waals surface area contributed by atoms with Crippen LogP contribution in [0.2, 0.25) is 0 Å². The summed E-state index contributed by atoms with van der Waals surface area (Å²) < 4.78 is 24.3. The van der Waals surface area contributed by atoms with E-state index in [1.54, 1.807) is 60.7 Å². The first-order valence-electron chi connectivity index (χ1n) is 10.5. The Morgan fingerprint density at radius 3 is 2.23 bits per heavy atom. The van der Waals surface area contributed by atoms with Crippen LogP contribution in [0, 0.1) is 5.82 Å². The number of anilines is 3. The largest absolute Gasteiger partial charge is 0.483 e. The molecule has 0 aliphatic carbocycles. The summed E-state index contributed by atoms with van der Waals surface area (Å²) in [6.45, 7) is -0.424. The first-order valence-corrected chi connectivity index (χ1v) is 10.5. The first kappa shape index (κ1) is 23.2. The molecule has 176 valence electrons. The molecule has 35 heavy (non-hydrogen) atoms. The Kier molecular flexibility index (Phi) is 7.17. The van der Waals surface area contributed by atoms with E-state index in [0.29, 0.717) is 11.4 Å². The maximum Gasteiger partial charge on any atom is 0.291 e. The van der Waals surface area contributed by atoms with E-state index >= 15 is 0 Å². The molecule has 9 heteroatoms. The van der Waals surface area contributed by atoms with E-state index in [0.717, 1.165) is 0 Å². The molecule has 4 rings (SSSR count). The lowest BCUT2D eigenvalue weighted by atomic mass is 10.1. The normalized spacial score (nSPS) is 10.3. The summed E-state index contributed by atoms with van der Waals surface area (Å²) in [4.78, 5) is 37.2. The molecule has 0 aliphatic rings. The molecule has 1 aromatic heterocycles. The summed E-state index contributed by atoms with van der Waals surface area (Å²) in [5.41, 5.74) is 1.11. The molecule has 0 bridgehead atoms. The number of amides is 3. The zero-order valence-corrected chi connectivity index (χ0v) is 18.3. The lowest BCUT2D eigenvalue weighted by molar-refractivity contribution is -0.118. The molecule has 1 heterocycles. The second-order valence-electron chi connectivity index (χ2n) is 7.28. The highest BCUT2D eigenvalue weighted by Gasteiger charge is 2.15. The van der Waals surface area contributed by atoms with Gasteiger partial charge in [0.05, 0.1) is 17.5 Å². The summed E-state index contributed by atoms with van der Waals surface area (Å²) in [6.07, 6.45) is 1.40. The van der Waals surface area contributed by atoms with E-state index in [1.165, 1.54) is 30.5 Å². The molecule has 3 aromatic carbocycles. The summed E-state index contributed by atoms with van der Waals surface area (Å²) in [5.74, 6) is -1.72. The number of rotatable bonds is 8. The highest BCUT2D eigenvalue weighted by molar-refractivity contribution is 6.07. The van der Waals surface area contributed by atoms with Crippen molar-refractivity contribution in [1.82, 2.24) is 0 Å². The number of halogens is 1. The highest BCUT2D eigenvalue weighted by atomic mass is 19.1. The van der Waals surface area contributed by atoms with Crippen LogP contribution in [0.4, 0.5) is 21.5 Å². The highest BCUT2D eigenvalue weighted by Crippen LogP contribution is 2.22. The Hall–Kier alpha value is -4.92. The maximum absolute atomic E-state index is 13.7. The molecule has 3 N–H and O–H groups in total. The third-order valence-electron chi connectivity index (χ3n) is 4.76. The van der Waals surface area contributed by atoms with Crippen molar-refractivity contribution in [3.05, 3.63) is 108 Å². The fraction of sp³-hybridized carbons (Fsp3) is 0.0385. The molecule has 0 atom stereocenters. The van der Waals surface area contributed by atoms with Crippen LogP contribution in [0.3, 0.4) is 0 Å². The molecule has 3 amide bonds. The van der Waals surface area contributed by atoms with Gasteiger partial charge in [-0.05, 0) is 54.6 Å². The summed E-state index contributed by atoms with van der Waals surface area (Å²) in [6, 6.07) is 21.9. The van der Waals surface area contributed by atoms with Gasteiger partial charge in [0.25, 0.3) is 17.7 Å². The summed E-state index contributed by atoms with van der Waals surface area (Å²) >= 11 is 0. The minimum absolute atomic E-state index is 0.0335. The van der Waals surface area contributed by atoms with Gasteiger partial charge in [0.1, 0.15) is 11.6 Å². The Morgan fingerprint density at radius 1 is 0.771 bits per heavy atom. The molecule has 0 saturated heterocycles. The van der Waals surface area contributed by atoms with Crippen LogP contribution in [0.15, 0.2) is 95.6 Å². The molecular weight excluding hydrogens is 453 g/mol. The van der Waals surface area contributed by atoms with Crippen LogP contribution in [0.1, 0.15) is 20.9 Å². The monoisotopic (exact) mass is 473 g/mol. The number of benzene rings is 3. The number of nitrogens with one attached hydrogen (secondary N) is 3. The van der Waals surface area contributed by atoms with Gasteiger partial charge in [0.2, 0.25) is 0 Å². The van der Waals surface area contributed by atoms with Crippen molar-refractivity contribution in [2.75, 3.05) is 22.6 Å². The van der Waals surface area contributed by atoms with Gasteiger partial charge in [-0.1, -0.05) is 30.3 Å². The summed E-state index contributed by atoms with van der Waals surface area (Å²) in [5, 5.41) is 7.84. The predicted octanol–water partition coefficient (Wildman–Crippen LogP) is 4.94. The second-order valence-corrected chi connectivity index (χ2v) is 7.28. The van der Waals surface area contributed by atoms with Crippen molar-refractivity contribution in [3.8, 4) is 5.75 Å². The molecule has 0 radical (unpaired) electrons. The smallest absolute Gasteiger partial charge is 0.291 e. The number of hydrogen-bond acceptors (Lipinski definition) is 5. The van der Waals surface area contributed by atoms with E-state index in [9.17, 15) is 18.8 Å². The molecule has 8 nitrogen and oxygen atoms in total. The zero-order chi connectivity index (χ0) is 24.6. The van der Waals surface area contributed by atoms with E-state index < -0.39 is 30.1 Å². The average Bonchev–Trinajstić information content (AvgIpc) is 3.40. The van der Waals surface area contributed by atoms with Gasteiger partial charge in [-0.25, -0.2) is 4.39 Å². The number of carbonyl (C=O) groups excluding carboxylic acids is 3. The molecule has 4 aromatic rings. The van der Waals surface area contributed by atoms with Crippen LogP contribution < -0.4 is 20.7 Å². The predicted molar refractivity (Wildman–Crippen MR) is 128 cm³/mol. The third-order valence-corrected chi connectivity index (χ3v) is 4.76. The van der Waals surface area contributed by atoms with E-state index in [-0.39, 0.29) is 22.8 Å². The fourth-order valence-electron chi connectivity index (χ4n) is 3.15. The van der Waals surface area contributed by atoms with Gasteiger partial charge in [-0.15, -0.1) is 0 Å². The molecule has 0 spiro atoms.